The second kappa shape index (κ2) is 11.9. The fourth-order valence-electron chi connectivity index (χ4n) is 5.07. The number of carbonyl (C=O) groups is 2. The minimum atomic E-state index is -1.05. The van der Waals surface area contributed by atoms with Crippen molar-refractivity contribution in [2.75, 3.05) is 0 Å². The maximum absolute atomic E-state index is 13.6. The lowest BCUT2D eigenvalue weighted by molar-refractivity contribution is -0.139. The second-order valence-electron chi connectivity index (χ2n) is 10.6. The van der Waals surface area contributed by atoms with Crippen molar-refractivity contribution >= 4 is 28.3 Å². The molecule has 1 amide bonds. The third-order valence-electron chi connectivity index (χ3n) is 7.08. The van der Waals surface area contributed by atoms with Crippen molar-refractivity contribution in [2.45, 2.75) is 39.4 Å². The summed E-state index contributed by atoms with van der Waals surface area (Å²) >= 11 is 0. The van der Waals surface area contributed by atoms with Crippen LogP contribution in [0.4, 0.5) is 5.69 Å². The SMILES string of the molecule is [C-]#[N+]c1ccc(Cn2cncc2Cn2cc(C(=O)N[C@@H](CC(C)C)C(=O)O)c(-c3cccc4ccccc34)c2)cc1. The van der Waals surface area contributed by atoms with E-state index in [2.05, 4.69) is 15.1 Å². The molecule has 41 heavy (non-hydrogen) atoms. The van der Waals surface area contributed by atoms with E-state index in [4.69, 9.17) is 6.57 Å². The van der Waals surface area contributed by atoms with Crippen LogP contribution in [0.3, 0.4) is 0 Å². The van der Waals surface area contributed by atoms with E-state index in [1.165, 1.54) is 0 Å². The molecular weight excluding hydrogens is 514 g/mol. The number of amides is 1. The summed E-state index contributed by atoms with van der Waals surface area (Å²) in [6.07, 6.45) is 7.62. The minimum absolute atomic E-state index is 0.108. The van der Waals surface area contributed by atoms with Gasteiger partial charge in [-0.1, -0.05) is 80.6 Å². The van der Waals surface area contributed by atoms with Gasteiger partial charge in [0, 0.05) is 30.7 Å². The lowest BCUT2D eigenvalue weighted by Gasteiger charge is -2.17. The summed E-state index contributed by atoms with van der Waals surface area (Å²) in [6, 6.07) is 20.5. The molecule has 0 saturated carbocycles. The van der Waals surface area contributed by atoms with Crippen LogP contribution in [0.25, 0.3) is 26.7 Å². The molecule has 0 bridgehead atoms. The minimum Gasteiger partial charge on any atom is -0.480 e. The Morgan fingerprint density at radius 2 is 1.73 bits per heavy atom. The number of nitrogens with one attached hydrogen (secondary N) is 1. The molecule has 0 aliphatic rings. The number of nitrogens with zero attached hydrogens (tertiary/aromatic N) is 4. The number of imidazole rings is 1. The summed E-state index contributed by atoms with van der Waals surface area (Å²) < 4.78 is 3.98. The van der Waals surface area contributed by atoms with E-state index in [-0.39, 0.29) is 5.92 Å². The highest BCUT2D eigenvalue weighted by atomic mass is 16.4. The number of rotatable bonds is 10. The first kappa shape index (κ1) is 27.4. The van der Waals surface area contributed by atoms with E-state index in [9.17, 15) is 14.7 Å². The quantitative estimate of drug-likeness (QED) is 0.199. The number of carboxylic acids is 1. The molecule has 1 atom stereocenters. The van der Waals surface area contributed by atoms with E-state index in [0.717, 1.165) is 33.2 Å². The monoisotopic (exact) mass is 545 g/mol. The van der Waals surface area contributed by atoms with Gasteiger partial charge in [-0.25, -0.2) is 14.6 Å². The molecule has 2 aromatic heterocycles. The number of hydrogen-bond donors (Lipinski definition) is 2. The first-order valence-electron chi connectivity index (χ1n) is 13.5. The Labute approximate surface area is 238 Å². The molecule has 8 heteroatoms. The molecule has 3 aromatic carbocycles. The summed E-state index contributed by atoms with van der Waals surface area (Å²) in [6.45, 7) is 12.1. The fraction of sp³-hybridized carbons (Fsp3) is 0.212. The summed E-state index contributed by atoms with van der Waals surface area (Å²) in [7, 11) is 0. The summed E-state index contributed by atoms with van der Waals surface area (Å²) in [5.74, 6) is -1.36. The first-order valence-corrected chi connectivity index (χ1v) is 13.5. The molecule has 206 valence electrons. The van der Waals surface area contributed by atoms with Gasteiger partial charge in [-0.3, -0.25) is 4.79 Å². The topological polar surface area (TPSA) is 93.5 Å². The van der Waals surface area contributed by atoms with Gasteiger partial charge >= 0.3 is 5.97 Å². The number of carbonyl (C=O) groups excluding carboxylic acids is 1. The third-order valence-corrected chi connectivity index (χ3v) is 7.08. The van der Waals surface area contributed by atoms with Crippen LogP contribution in [0.1, 0.15) is 41.9 Å². The van der Waals surface area contributed by atoms with Crippen LogP contribution in [0.2, 0.25) is 0 Å². The van der Waals surface area contributed by atoms with Crippen LogP contribution in [0.5, 0.6) is 0 Å². The van der Waals surface area contributed by atoms with Gasteiger partial charge in [0.2, 0.25) is 0 Å². The number of aromatic nitrogens is 3. The Balaban J connectivity index is 1.50. The summed E-state index contributed by atoms with van der Waals surface area (Å²) in [4.78, 5) is 33.4. The number of hydrogen-bond acceptors (Lipinski definition) is 3. The van der Waals surface area contributed by atoms with Crippen LogP contribution < -0.4 is 5.32 Å². The Bertz CT molecular complexity index is 1740. The number of fused-ring (bicyclic) bond motifs is 1. The molecule has 0 aliphatic carbocycles. The Kier molecular flexibility index (Phi) is 7.97. The van der Waals surface area contributed by atoms with Crippen molar-refractivity contribution in [1.82, 2.24) is 19.4 Å². The number of aliphatic carboxylic acids is 1. The van der Waals surface area contributed by atoms with Gasteiger partial charge in [0.1, 0.15) is 6.04 Å². The van der Waals surface area contributed by atoms with Gasteiger partial charge in [0.25, 0.3) is 5.91 Å². The molecule has 0 aliphatic heterocycles. The fourth-order valence-corrected chi connectivity index (χ4v) is 5.07. The molecule has 2 heterocycles. The van der Waals surface area contributed by atoms with Crippen LogP contribution in [0, 0.1) is 12.5 Å². The second-order valence-corrected chi connectivity index (χ2v) is 10.6. The Hall–Kier alpha value is -5.16. The molecule has 0 unspecified atom stereocenters. The van der Waals surface area contributed by atoms with E-state index in [1.807, 2.05) is 83.8 Å². The smallest absolute Gasteiger partial charge is 0.326 e. The van der Waals surface area contributed by atoms with Crippen LogP contribution in [-0.2, 0) is 17.9 Å². The molecule has 8 nitrogen and oxygen atoms in total. The summed E-state index contributed by atoms with van der Waals surface area (Å²) in [5.41, 5.74) is 4.62. The largest absolute Gasteiger partial charge is 0.480 e. The highest BCUT2D eigenvalue weighted by molar-refractivity contribution is 6.06. The highest BCUT2D eigenvalue weighted by Gasteiger charge is 2.25. The molecule has 0 spiro atoms. The zero-order valence-electron chi connectivity index (χ0n) is 23.0. The van der Waals surface area contributed by atoms with Gasteiger partial charge < -0.3 is 19.6 Å². The third kappa shape index (κ3) is 6.20. The van der Waals surface area contributed by atoms with Crippen molar-refractivity contribution in [2.24, 2.45) is 5.92 Å². The number of benzene rings is 3. The van der Waals surface area contributed by atoms with E-state index >= 15 is 0 Å². The molecule has 0 fully saturated rings. The predicted octanol–water partition coefficient (Wildman–Crippen LogP) is 6.38. The molecular formula is C33H31N5O3. The average Bonchev–Trinajstić information content (AvgIpc) is 3.59. The van der Waals surface area contributed by atoms with Gasteiger partial charge in [-0.15, -0.1) is 0 Å². The Morgan fingerprint density at radius 3 is 2.46 bits per heavy atom. The van der Waals surface area contributed by atoms with Gasteiger partial charge in [0.15, 0.2) is 5.69 Å². The van der Waals surface area contributed by atoms with Crippen molar-refractivity contribution in [3.63, 3.8) is 0 Å². The molecule has 0 saturated heterocycles. The molecule has 0 radical (unpaired) electrons. The van der Waals surface area contributed by atoms with E-state index < -0.39 is 17.9 Å². The van der Waals surface area contributed by atoms with Crippen LogP contribution >= 0.6 is 0 Å². The van der Waals surface area contributed by atoms with E-state index in [0.29, 0.717) is 30.8 Å². The zero-order chi connectivity index (χ0) is 28.9. The standard InChI is InChI=1S/C33H31N5O3/c1-22(2)15-31(33(40)41)36-32(39)30-20-37(19-29(30)28-10-6-8-24-7-4-5-9-27(24)28)18-26-16-35-21-38(26)17-23-11-13-25(34-3)14-12-23/h4-14,16,19-22,31H,15,17-18H2,1-2H3,(H,36,39)(H,40,41)/t31-/m0/s1. The van der Waals surface area contributed by atoms with Crippen molar-refractivity contribution in [1.29, 1.82) is 0 Å². The lowest BCUT2D eigenvalue weighted by Crippen LogP contribution is -2.41. The lowest BCUT2D eigenvalue weighted by atomic mass is 9.97. The van der Waals surface area contributed by atoms with Gasteiger partial charge in [-0.2, -0.15) is 0 Å². The van der Waals surface area contributed by atoms with Crippen LogP contribution in [-0.4, -0.2) is 37.1 Å². The predicted molar refractivity (Wildman–Crippen MR) is 159 cm³/mol. The zero-order valence-corrected chi connectivity index (χ0v) is 23.0. The molecule has 5 rings (SSSR count). The van der Waals surface area contributed by atoms with Gasteiger partial charge in [0.05, 0.1) is 30.7 Å². The van der Waals surface area contributed by atoms with Crippen molar-refractivity contribution in [3.05, 3.63) is 120 Å². The maximum atomic E-state index is 13.6. The van der Waals surface area contributed by atoms with Crippen LogP contribution in [0.15, 0.2) is 91.6 Å². The molecule has 2 N–H and O–H groups in total. The summed E-state index contributed by atoms with van der Waals surface area (Å²) in [5, 5.41) is 14.6. The molecule has 5 aromatic rings. The van der Waals surface area contributed by atoms with Crippen molar-refractivity contribution < 1.29 is 14.7 Å². The Morgan fingerprint density at radius 1 is 0.976 bits per heavy atom. The average molecular weight is 546 g/mol. The maximum Gasteiger partial charge on any atom is 0.326 e. The normalized spacial score (nSPS) is 11.9. The highest BCUT2D eigenvalue weighted by Crippen LogP contribution is 2.32. The van der Waals surface area contributed by atoms with Gasteiger partial charge in [-0.05, 0) is 34.2 Å². The first-order chi connectivity index (χ1) is 19.8. The van der Waals surface area contributed by atoms with Crippen molar-refractivity contribution in [3.8, 4) is 11.1 Å². The number of carboxylic acid groups (broad SMARTS) is 1. The van der Waals surface area contributed by atoms with E-state index in [1.54, 1.807) is 30.9 Å².